The third kappa shape index (κ3) is 5.12. The van der Waals surface area contributed by atoms with Crippen LogP contribution in [0, 0.1) is 5.92 Å². The van der Waals surface area contributed by atoms with Gasteiger partial charge in [-0.05, 0) is 17.0 Å². The van der Waals surface area contributed by atoms with E-state index >= 15 is 0 Å². The number of benzene rings is 3. The highest BCUT2D eigenvalue weighted by molar-refractivity contribution is 7.61. The highest BCUT2D eigenvalue weighted by Crippen LogP contribution is 2.60. The van der Waals surface area contributed by atoms with Gasteiger partial charge in [0.1, 0.15) is 12.4 Å². The van der Waals surface area contributed by atoms with Gasteiger partial charge in [-0.2, -0.15) is 0 Å². The van der Waals surface area contributed by atoms with E-state index in [0.717, 1.165) is 16.3 Å². The fourth-order valence-corrected chi connectivity index (χ4v) is 5.43. The summed E-state index contributed by atoms with van der Waals surface area (Å²) in [6.07, 6.45) is 0.118. The van der Waals surface area contributed by atoms with Crippen LogP contribution in [-0.4, -0.2) is 17.3 Å². The molecule has 0 radical (unpaired) electrons. The van der Waals surface area contributed by atoms with Gasteiger partial charge in [0.2, 0.25) is 0 Å². The van der Waals surface area contributed by atoms with E-state index < -0.39 is 18.4 Å². The average Bonchev–Trinajstić information content (AvgIpc) is 2.72. The van der Waals surface area contributed by atoms with Crippen molar-refractivity contribution in [3.05, 3.63) is 78.4 Å². The summed E-state index contributed by atoms with van der Waals surface area (Å²) in [6, 6.07) is 23.1. The Morgan fingerprint density at radius 2 is 1.57 bits per heavy atom. The molecule has 0 amide bonds. The Balaban J connectivity index is 1.78. The van der Waals surface area contributed by atoms with Gasteiger partial charge in [-0.1, -0.05) is 94.4 Å². The van der Waals surface area contributed by atoms with E-state index in [-0.39, 0.29) is 18.7 Å². The Bertz CT molecular complexity index is 1050. The largest absolute Gasteiger partial charge is 0.461 e. The molecule has 30 heavy (non-hydrogen) atoms. The van der Waals surface area contributed by atoms with Crippen LogP contribution in [0.2, 0.25) is 0 Å². The summed E-state index contributed by atoms with van der Waals surface area (Å²) in [5.41, 5.74) is 0.920. The van der Waals surface area contributed by atoms with E-state index in [1.54, 1.807) is 6.92 Å². The second kappa shape index (κ2) is 9.06. The summed E-state index contributed by atoms with van der Waals surface area (Å²) in [6.45, 7) is 7.62. The Hall–Kier alpha value is -2.58. The lowest BCUT2D eigenvalue weighted by atomic mass is 10.1. The van der Waals surface area contributed by atoms with Gasteiger partial charge >= 0.3 is 5.97 Å². The molecule has 158 valence electrons. The van der Waals surface area contributed by atoms with Gasteiger partial charge in [0.25, 0.3) is 7.37 Å². The summed E-state index contributed by atoms with van der Waals surface area (Å²) in [7, 11) is -3.24. The second-order valence-corrected chi connectivity index (χ2v) is 11.8. The second-order valence-electron chi connectivity index (χ2n) is 8.59. The van der Waals surface area contributed by atoms with E-state index in [2.05, 4.69) is 0 Å². The lowest BCUT2D eigenvalue weighted by Crippen LogP contribution is -2.27. The van der Waals surface area contributed by atoms with Crippen LogP contribution in [0.15, 0.2) is 72.8 Å². The molecule has 0 saturated heterocycles. The molecule has 2 atom stereocenters. The van der Waals surface area contributed by atoms with Crippen LogP contribution in [0.3, 0.4) is 0 Å². The predicted molar refractivity (Wildman–Crippen MR) is 122 cm³/mol. The van der Waals surface area contributed by atoms with Crippen LogP contribution >= 0.6 is 7.37 Å². The minimum atomic E-state index is -3.24. The first-order chi connectivity index (χ1) is 14.2. The van der Waals surface area contributed by atoms with Crippen molar-refractivity contribution in [1.82, 2.24) is 0 Å². The standard InChI is InChI=1S/C25H29O4P/c1-19(24(26)28-17-20-11-6-5-7-12-20)18-30(27,25(2,3)4)29-23-16-10-14-21-13-8-9-15-22(21)23/h5-16,19H,17-18H2,1-4H3/t19-,30?/m1/s1. The van der Waals surface area contributed by atoms with Crippen molar-refractivity contribution in [3.8, 4) is 5.75 Å². The van der Waals surface area contributed by atoms with E-state index in [0.29, 0.717) is 5.75 Å². The highest BCUT2D eigenvalue weighted by Gasteiger charge is 2.42. The summed E-state index contributed by atoms with van der Waals surface area (Å²) in [5, 5.41) is 1.30. The molecule has 0 N–H and O–H groups in total. The van der Waals surface area contributed by atoms with E-state index in [1.165, 1.54) is 0 Å². The summed E-state index contributed by atoms with van der Waals surface area (Å²) in [5.74, 6) is -0.338. The van der Waals surface area contributed by atoms with Crippen LogP contribution in [0.25, 0.3) is 10.8 Å². The van der Waals surface area contributed by atoms with E-state index in [4.69, 9.17) is 9.26 Å². The summed E-state index contributed by atoms with van der Waals surface area (Å²) >= 11 is 0. The Morgan fingerprint density at radius 1 is 0.933 bits per heavy atom. The molecule has 0 aliphatic heterocycles. The normalized spacial score (nSPS) is 14.7. The maximum Gasteiger partial charge on any atom is 0.309 e. The number of carbonyl (C=O) groups is 1. The summed E-state index contributed by atoms with van der Waals surface area (Å²) in [4.78, 5) is 12.6. The first-order valence-corrected chi connectivity index (χ1v) is 12.0. The fraction of sp³-hybridized carbons (Fsp3) is 0.320. The van der Waals surface area contributed by atoms with Crippen molar-refractivity contribution in [2.24, 2.45) is 5.92 Å². The lowest BCUT2D eigenvalue weighted by molar-refractivity contribution is -0.148. The van der Waals surface area contributed by atoms with Crippen molar-refractivity contribution >= 4 is 24.1 Å². The number of hydrogen-bond acceptors (Lipinski definition) is 4. The molecule has 0 spiro atoms. The quantitative estimate of drug-likeness (QED) is 0.314. The molecule has 0 aromatic heterocycles. The van der Waals surface area contributed by atoms with Crippen molar-refractivity contribution in [1.29, 1.82) is 0 Å². The molecule has 0 fully saturated rings. The van der Waals surface area contributed by atoms with Gasteiger partial charge in [-0.3, -0.25) is 9.36 Å². The third-order valence-electron chi connectivity index (χ3n) is 5.16. The zero-order chi connectivity index (χ0) is 21.8. The van der Waals surface area contributed by atoms with Crippen molar-refractivity contribution < 1.29 is 18.6 Å². The van der Waals surface area contributed by atoms with Crippen molar-refractivity contribution in [2.75, 3.05) is 6.16 Å². The molecule has 0 saturated carbocycles. The van der Waals surface area contributed by atoms with Crippen LogP contribution < -0.4 is 4.52 Å². The highest BCUT2D eigenvalue weighted by atomic mass is 31.2. The smallest absolute Gasteiger partial charge is 0.309 e. The van der Waals surface area contributed by atoms with Crippen LogP contribution in [-0.2, 0) is 20.7 Å². The molecule has 1 unspecified atom stereocenters. The minimum Gasteiger partial charge on any atom is -0.461 e. The molecule has 0 heterocycles. The topological polar surface area (TPSA) is 52.6 Å². The number of carbonyl (C=O) groups excluding carboxylic acids is 1. The molecular formula is C25H29O4P. The van der Waals surface area contributed by atoms with E-state index in [9.17, 15) is 9.36 Å². The Kier molecular flexibility index (Phi) is 6.67. The van der Waals surface area contributed by atoms with Crippen molar-refractivity contribution in [3.63, 3.8) is 0 Å². The minimum absolute atomic E-state index is 0.118. The van der Waals surface area contributed by atoms with Gasteiger partial charge in [0.15, 0.2) is 0 Å². The molecule has 3 aromatic carbocycles. The number of rotatable bonds is 7. The molecule has 3 rings (SSSR count). The molecule has 4 nitrogen and oxygen atoms in total. The third-order valence-corrected chi connectivity index (χ3v) is 8.72. The van der Waals surface area contributed by atoms with Gasteiger partial charge in [0, 0.05) is 16.7 Å². The van der Waals surface area contributed by atoms with Gasteiger partial charge < -0.3 is 9.26 Å². The van der Waals surface area contributed by atoms with Gasteiger partial charge in [-0.25, -0.2) is 0 Å². The monoisotopic (exact) mass is 424 g/mol. The van der Waals surface area contributed by atoms with Crippen molar-refractivity contribution in [2.45, 2.75) is 39.5 Å². The van der Waals surface area contributed by atoms with Crippen LogP contribution in [0.1, 0.15) is 33.3 Å². The number of ether oxygens (including phenoxy) is 1. The molecule has 3 aromatic rings. The zero-order valence-electron chi connectivity index (χ0n) is 18.0. The SMILES string of the molecule is C[C@H](CP(=O)(Oc1cccc2ccccc12)C(C)(C)C)C(=O)OCc1ccccc1. The van der Waals surface area contributed by atoms with Gasteiger partial charge in [0.05, 0.1) is 5.92 Å². The van der Waals surface area contributed by atoms with Crippen LogP contribution in [0.5, 0.6) is 5.75 Å². The fourth-order valence-electron chi connectivity index (χ4n) is 3.19. The maximum atomic E-state index is 14.0. The number of esters is 1. The Labute approximate surface area is 178 Å². The zero-order valence-corrected chi connectivity index (χ0v) is 18.9. The molecular weight excluding hydrogens is 395 g/mol. The Morgan fingerprint density at radius 3 is 2.27 bits per heavy atom. The molecule has 0 bridgehead atoms. The molecule has 0 aliphatic rings. The first kappa shape index (κ1) is 22.1. The summed E-state index contributed by atoms with van der Waals surface area (Å²) < 4.78 is 25.7. The number of fused-ring (bicyclic) bond motifs is 1. The average molecular weight is 424 g/mol. The lowest BCUT2D eigenvalue weighted by Gasteiger charge is -2.33. The number of hydrogen-bond donors (Lipinski definition) is 0. The predicted octanol–water partition coefficient (Wildman–Crippen LogP) is 6.67. The first-order valence-electron chi connectivity index (χ1n) is 10.2. The molecule has 0 aliphatic carbocycles. The van der Waals surface area contributed by atoms with Crippen LogP contribution in [0.4, 0.5) is 0 Å². The maximum absolute atomic E-state index is 14.0. The molecule has 5 heteroatoms. The van der Waals surface area contributed by atoms with E-state index in [1.807, 2.05) is 93.6 Å². The van der Waals surface area contributed by atoms with Gasteiger partial charge in [-0.15, -0.1) is 0 Å².